The highest BCUT2D eigenvalue weighted by molar-refractivity contribution is 7.92. The van der Waals surface area contributed by atoms with Crippen molar-refractivity contribution in [3.05, 3.63) is 42.0 Å². The van der Waals surface area contributed by atoms with Crippen molar-refractivity contribution >= 4 is 21.7 Å². The molecule has 0 aliphatic rings. The number of nitrogens with zero attached hydrogens (tertiary/aromatic N) is 3. The SMILES string of the molecule is CCc1ccc(S(=O)(=O)Nc2ccc(NCCN(C)C)nn2)cc1. The van der Waals surface area contributed by atoms with E-state index in [1.165, 1.54) is 0 Å². The molecule has 2 rings (SSSR count). The average molecular weight is 349 g/mol. The van der Waals surface area contributed by atoms with E-state index in [0.717, 1.165) is 25.1 Å². The quantitative estimate of drug-likeness (QED) is 0.756. The predicted octanol–water partition coefficient (Wildman–Crippen LogP) is 1.81. The van der Waals surface area contributed by atoms with Gasteiger partial charge in [0.05, 0.1) is 4.90 Å². The number of benzene rings is 1. The third kappa shape index (κ3) is 5.17. The van der Waals surface area contributed by atoms with E-state index in [4.69, 9.17) is 0 Å². The first-order chi connectivity index (χ1) is 11.4. The summed E-state index contributed by atoms with van der Waals surface area (Å²) in [5, 5.41) is 11.0. The smallest absolute Gasteiger partial charge is 0.263 e. The molecule has 0 radical (unpaired) electrons. The summed E-state index contributed by atoms with van der Waals surface area (Å²) in [5.74, 6) is 0.792. The lowest BCUT2D eigenvalue weighted by Gasteiger charge is -2.11. The summed E-state index contributed by atoms with van der Waals surface area (Å²) in [7, 11) is 0.310. The minimum absolute atomic E-state index is 0.188. The number of nitrogens with one attached hydrogen (secondary N) is 2. The van der Waals surface area contributed by atoms with Crippen molar-refractivity contribution < 1.29 is 8.42 Å². The molecule has 7 nitrogen and oxygen atoms in total. The van der Waals surface area contributed by atoms with Gasteiger partial charge in [-0.3, -0.25) is 4.72 Å². The van der Waals surface area contributed by atoms with Crippen molar-refractivity contribution in [2.45, 2.75) is 18.2 Å². The van der Waals surface area contributed by atoms with Gasteiger partial charge in [-0.2, -0.15) is 0 Å². The number of rotatable bonds is 8. The number of likely N-dealkylation sites (N-methyl/N-ethyl adjacent to an activating group) is 1. The molecule has 0 saturated heterocycles. The Labute approximate surface area is 143 Å². The summed E-state index contributed by atoms with van der Waals surface area (Å²) in [5.41, 5.74) is 1.09. The summed E-state index contributed by atoms with van der Waals surface area (Å²) in [4.78, 5) is 2.25. The molecular weight excluding hydrogens is 326 g/mol. The first kappa shape index (κ1) is 18.2. The maximum absolute atomic E-state index is 12.3. The van der Waals surface area contributed by atoms with Gasteiger partial charge in [0, 0.05) is 13.1 Å². The molecule has 0 saturated carbocycles. The van der Waals surface area contributed by atoms with Crippen molar-refractivity contribution in [3.63, 3.8) is 0 Å². The topological polar surface area (TPSA) is 87.2 Å². The number of hydrogen-bond acceptors (Lipinski definition) is 6. The van der Waals surface area contributed by atoms with Crippen LogP contribution in [0.4, 0.5) is 11.6 Å². The van der Waals surface area contributed by atoms with Crippen LogP contribution in [0.15, 0.2) is 41.3 Å². The van der Waals surface area contributed by atoms with Gasteiger partial charge in [0.15, 0.2) is 5.82 Å². The Balaban J connectivity index is 2.01. The second-order valence-corrected chi connectivity index (χ2v) is 7.32. The molecule has 1 aromatic carbocycles. The normalized spacial score (nSPS) is 11.5. The molecule has 0 aliphatic heterocycles. The molecule has 2 aromatic rings. The first-order valence-electron chi connectivity index (χ1n) is 7.75. The molecule has 0 spiro atoms. The van der Waals surface area contributed by atoms with Crippen LogP contribution in [0.5, 0.6) is 0 Å². The lowest BCUT2D eigenvalue weighted by molar-refractivity contribution is 0.425. The Kier molecular flexibility index (Phi) is 6.10. The summed E-state index contributed by atoms with van der Waals surface area (Å²) in [6, 6.07) is 10.1. The molecule has 0 fully saturated rings. The van der Waals surface area contributed by atoms with Gasteiger partial charge in [-0.05, 0) is 50.3 Å². The summed E-state index contributed by atoms with van der Waals surface area (Å²) < 4.78 is 27.1. The average Bonchev–Trinajstić information content (AvgIpc) is 2.56. The lowest BCUT2D eigenvalue weighted by Crippen LogP contribution is -2.21. The number of aromatic nitrogens is 2. The van der Waals surface area contributed by atoms with Gasteiger partial charge >= 0.3 is 0 Å². The van der Waals surface area contributed by atoms with E-state index >= 15 is 0 Å². The molecule has 8 heteroatoms. The summed E-state index contributed by atoms with van der Waals surface area (Å²) in [6.07, 6.45) is 0.863. The number of hydrogen-bond donors (Lipinski definition) is 2. The molecular formula is C16H23N5O2S. The van der Waals surface area contributed by atoms with Gasteiger partial charge in [0.25, 0.3) is 10.0 Å². The summed E-state index contributed by atoms with van der Waals surface area (Å²) >= 11 is 0. The fourth-order valence-corrected chi connectivity index (χ4v) is 2.99. The Morgan fingerprint density at radius 2 is 1.62 bits per heavy atom. The Morgan fingerprint density at radius 1 is 1.00 bits per heavy atom. The molecule has 2 N–H and O–H groups in total. The van der Waals surface area contributed by atoms with Crippen LogP contribution in [0.2, 0.25) is 0 Å². The van der Waals surface area contributed by atoms with Crippen molar-refractivity contribution in [2.24, 2.45) is 0 Å². The van der Waals surface area contributed by atoms with Crippen molar-refractivity contribution in [2.75, 3.05) is 37.2 Å². The van der Waals surface area contributed by atoms with E-state index in [-0.39, 0.29) is 10.7 Å². The highest BCUT2D eigenvalue weighted by Crippen LogP contribution is 2.15. The van der Waals surface area contributed by atoms with E-state index in [9.17, 15) is 8.42 Å². The Bertz CT molecular complexity index is 743. The van der Waals surface area contributed by atoms with Crippen LogP contribution in [0, 0.1) is 0 Å². The van der Waals surface area contributed by atoms with Crippen LogP contribution in [0.3, 0.4) is 0 Å². The van der Waals surface area contributed by atoms with Crippen LogP contribution in [-0.4, -0.2) is 50.7 Å². The molecule has 0 atom stereocenters. The Hall–Kier alpha value is -2.19. The third-order valence-electron chi connectivity index (χ3n) is 3.41. The van der Waals surface area contributed by atoms with Gasteiger partial charge in [0.2, 0.25) is 0 Å². The molecule has 0 aliphatic carbocycles. The molecule has 130 valence electrons. The summed E-state index contributed by atoms with van der Waals surface area (Å²) in [6.45, 7) is 3.62. The first-order valence-corrected chi connectivity index (χ1v) is 9.23. The van der Waals surface area contributed by atoms with Crippen molar-refractivity contribution in [3.8, 4) is 0 Å². The minimum atomic E-state index is -3.66. The third-order valence-corrected chi connectivity index (χ3v) is 4.78. The van der Waals surface area contributed by atoms with Crippen LogP contribution < -0.4 is 10.0 Å². The highest BCUT2D eigenvalue weighted by atomic mass is 32.2. The zero-order valence-electron chi connectivity index (χ0n) is 14.2. The Morgan fingerprint density at radius 3 is 2.17 bits per heavy atom. The van der Waals surface area contributed by atoms with E-state index < -0.39 is 10.0 Å². The standard InChI is InChI=1S/C16H23N5O2S/c1-4-13-5-7-14(8-6-13)24(22,23)20-16-10-9-15(18-19-16)17-11-12-21(2)3/h5-10H,4,11-12H2,1-3H3,(H,17,18)(H,19,20). The molecule has 1 heterocycles. The van der Waals surface area contributed by atoms with E-state index in [1.54, 1.807) is 36.4 Å². The number of anilines is 2. The van der Waals surface area contributed by atoms with Gasteiger partial charge < -0.3 is 10.2 Å². The zero-order chi connectivity index (χ0) is 17.6. The zero-order valence-corrected chi connectivity index (χ0v) is 15.0. The minimum Gasteiger partial charge on any atom is -0.367 e. The molecule has 24 heavy (non-hydrogen) atoms. The van der Waals surface area contributed by atoms with Crippen LogP contribution in [0.1, 0.15) is 12.5 Å². The van der Waals surface area contributed by atoms with Crippen LogP contribution in [0.25, 0.3) is 0 Å². The molecule has 0 amide bonds. The number of sulfonamides is 1. The number of aryl methyl sites for hydroxylation is 1. The second kappa shape index (κ2) is 8.07. The molecule has 0 unspecified atom stereocenters. The van der Waals surface area contributed by atoms with Crippen LogP contribution in [-0.2, 0) is 16.4 Å². The monoisotopic (exact) mass is 349 g/mol. The van der Waals surface area contributed by atoms with Gasteiger partial charge in [-0.15, -0.1) is 10.2 Å². The maximum atomic E-state index is 12.3. The van der Waals surface area contributed by atoms with Crippen LogP contribution >= 0.6 is 0 Å². The predicted molar refractivity (Wildman–Crippen MR) is 95.7 cm³/mol. The van der Waals surface area contributed by atoms with E-state index in [2.05, 4.69) is 20.2 Å². The second-order valence-electron chi connectivity index (χ2n) is 5.64. The van der Waals surface area contributed by atoms with E-state index in [0.29, 0.717) is 5.82 Å². The molecule has 1 aromatic heterocycles. The maximum Gasteiger partial charge on any atom is 0.263 e. The van der Waals surface area contributed by atoms with E-state index in [1.807, 2.05) is 25.9 Å². The van der Waals surface area contributed by atoms with Crippen molar-refractivity contribution in [1.82, 2.24) is 15.1 Å². The van der Waals surface area contributed by atoms with Gasteiger partial charge in [0.1, 0.15) is 5.82 Å². The van der Waals surface area contributed by atoms with Gasteiger partial charge in [-0.25, -0.2) is 8.42 Å². The van der Waals surface area contributed by atoms with Crippen molar-refractivity contribution in [1.29, 1.82) is 0 Å². The largest absolute Gasteiger partial charge is 0.367 e. The molecule has 0 bridgehead atoms. The fourth-order valence-electron chi connectivity index (χ4n) is 1.99. The van der Waals surface area contributed by atoms with Gasteiger partial charge in [-0.1, -0.05) is 19.1 Å². The lowest BCUT2D eigenvalue weighted by atomic mass is 10.2. The highest BCUT2D eigenvalue weighted by Gasteiger charge is 2.14. The fraction of sp³-hybridized carbons (Fsp3) is 0.375.